The van der Waals surface area contributed by atoms with Crippen molar-refractivity contribution in [2.24, 2.45) is 5.41 Å². The van der Waals surface area contributed by atoms with Crippen LogP contribution in [0.3, 0.4) is 0 Å². The van der Waals surface area contributed by atoms with Crippen LogP contribution in [0.5, 0.6) is 0 Å². The normalized spacial score (nSPS) is 16.6. The molecule has 1 N–H and O–H groups in total. The maximum Gasteiger partial charge on any atom is 0.226 e. The summed E-state index contributed by atoms with van der Waals surface area (Å²) in [5.74, 6) is -0.111. The zero-order valence-corrected chi connectivity index (χ0v) is 17.5. The van der Waals surface area contributed by atoms with Crippen LogP contribution in [0, 0.1) is 11.2 Å². The van der Waals surface area contributed by atoms with Crippen molar-refractivity contribution in [3.63, 3.8) is 0 Å². The summed E-state index contributed by atoms with van der Waals surface area (Å²) in [5.41, 5.74) is 2.15. The Hall–Kier alpha value is -2.46. The van der Waals surface area contributed by atoms with Gasteiger partial charge in [0.1, 0.15) is 5.82 Å². The Bertz CT molecular complexity index is 836. The van der Waals surface area contributed by atoms with E-state index in [-0.39, 0.29) is 11.7 Å². The summed E-state index contributed by atoms with van der Waals surface area (Å²) in [6.45, 7) is 10.4. The summed E-state index contributed by atoms with van der Waals surface area (Å²) >= 11 is 0. The molecule has 2 aromatic rings. The Balaban J connectivity index is 1.80. The van der Waals surface area contributed by atoms with Crippen LogP contribution < -0.4 is 5.32 Å². The molecule has 1 amide bonds. The maximum absolute atomic E-state index is 14.1. The largest absolute Gasteiger partial charge is 0.352 e. The molecule has 29 heavy (non-hydrogen) atoms. The number of piperidine rings is 1. The second kappa shape index (κ2) is 9.36. The van der Waals surface area contributed by atoms with Crippen LogP contribution in [0.15, 0.2) is 61.2 Å². The quantitative estimate of drug-likeness (QED) is 0.683. The second-order valence-electron chi connectivity index (χ2n) is 8.26. The molecule has 0 saturated carbocycles. The molecular weight excluding hydrogens is 363 g/mol. The predicted molar refractivity (Wildman–Crippen MR) is 117 cm³/mol. The van der Waals surface area contributed by atoms with E-state index < -0.39 is 5.41 Å². The van der Waals surface area contributed by atoms with E-state index >= 15 is 0 Å². The number of nitrogens with one attached hydrogen (secondary N) is 1. The minimum atomic E-state index is -0.409. The first-order chi connectivity index (χ1) is 13.9. The lowest BCUT2D eigenvalue weighted by molar-refractivity contribution is -0.134. The van der Waals surface area contributed by atoms with Crippen LogP contribution >= 0.6 is 0 Å². The zero-order chi connectivity index (χ0) is 20.9. The van der Waals surface area contributed by atoms with Gasteiger partial charge >= 0.3 is 0 Å². The molecule has 0 bridgehead atoms. The summed E-state index contributed by atoms with van der Waals surface area (Å²) in [4.78, 5) is 15.5. The fourth-order valence-corrected chi connectivity index (χ4v) is 4.19. The van der Waals surface area contributed by atoms with E-state index in [2.05, 4.69) is 30.6 Å². The third-order valence-corrected chi connectivity index (χ3v) is 6.06. The molecule has 0 unspecified atom stereocenters. The molecule has 0 atom stereocenters. The summed E-state index contributed by atoms with van der Waals surface area (Å²) in [5, 5.41) is 3.03. The first-order valence-corrected chi connectivity index (χ1v) is 10.4. The monoisotopic (exact) mass is 394 g/mol. The van der Waals surface area contributed by atoms with Gasteiger partial charge in [-0.3, -0.25) is 4.79 Å². The minimum Gasteiger partial charge on any atom is -0.352 e. The molecule has 3 nitrogen and oxygen atoms in total. The fourth-order valence-electron chi connectivity index (χ4n) is 4.19. The Morgan fingerprint density at radius 2 is 1.83 bits per heavy atom. The van der Waals surface area contributed by atoms with Crippen molar-refractivity contribution >= 4 is 5.91 Å². The summed E-state index contributed by atoms with van der Waals surface area (Å²) in [6, 6.07) is 15.2. The molecular formula is C25H31FN2O. The highest BCUT2D eigenvalue weighted by Crippen LogP contribution is 2.36. The first-order valence-electron chi connectivity index (χ1n) is 10.4. The highest BCUT2D eigenvalue weighted by Gasteiger charge is 2.41. The number of nitrogens with zero attached hydrogens (tertiary/aromatic N) is 1. The van der Waals surface area contributed by atoms with E-state index in [1.807, 2.05) is 30.3 Å². The van der Waals surface area contributed by atoms with Gasteiger partial charge in [-0.1, -0.05) is 48.5 Å². The summed E-state index contributed by atoms with van der Waals surface area (Å²) in [7, 11) is 0. The van der Waals surface area contributed by atoms with Crippen molar-refractivity contribution in [1.29, 1.82) is 0 Å². The fraction of sp³-hybridized carbons (Fsp3) is 0.400. The average molecular weight is 395 g/mol. The topological polar surface area (TPSA) is 32.3 Å². The standard InChI is InChI=1S/C25H31FN2O/c1-4-15-27-24(29)25(13-16-28(17-14-25)19(2)3)18-20-9-11-21(12-10-20)22-7-5-6-8-23(22)26/h4-12,19H,1,13-18H2,2-3H3,(H,27,29). The predicted octanol–water partition coefficient (Wildman–Crippen LogP) is 4.83. The first kappa shape index (κ1) is 21.3. The molecule has 1 aliphatic rings. The van der Waals surface area contributed by atoms with Crippen LogP contribution in [0.4, 0.5) is 4.39 Å². The van der Waals surface area contributed by atoms with Crippen molar-refractivity contribution in [1.82, 2.24) is 10.2 Å². The smallest absolute Gasteiger partial charge is 0.226 e. The van der Waals surface area contributed by atoms with Crippen molar-refractivity contribution in [3.8, 4) is 11.1 Å². The Kier molecular flexibility index (Phi) is 6.86. The molecule has 3 rings (SSSR count). The number of amides is 1. The van der Waals surface area contributed by atoms with Crippen molar-refractivity contribution in [2.45, 2.75) is 39.2 Å². The number of rotatable bonds is 7. The lowest BCUT2D eigenvalue weighted by Crippen LogP contribution is -2.51. The highest BCUT2D eigenvalue weighted by atomic mass is 19.1. The molecule has 1 saturated heterocycles. The van der Waals surface area contributed by atoms with Crippen molar-refractivity contribution in [3.05, 3.63) is 72.6 Å². The molecule has 2 aromatic carbocycles. The van der Waals surface area contributed by atoms with Gasteiger partial charge in [0.05, 0.1) is 5.41 Å². The molecule has 4 heteroatoms. The van der Waals surface area contributed by atoms with Gasteiger partial charge < -0.3 is 10.2 Å². The van der Waals surface area contributed by atoms with Crippen LogP contribution in [0.25, 0.3) is 11.1 Å². The molecule has 154 valence electrons. The molecule has 0 radical (unpaired) electrons. The van der Waals surface area contributed by atoms with Crippen LogP contribution in [-0.4, -0.2) is 36.5 Å². The number of carbonyl (C=O) groups excluding carboxylic acids is 1. The Morgan fingerprint density at radius 1 is 1.17 bits per heavy atom. The van der Waals surface area contributed by atoms with Crippen molar-refractivity contribution in [2.75, 3.05) is 19.6 Å². The van der Waals surface area contributed by atoms with Crippen molar-refractivity contribution < 1.29 is 9.18 Å². The average Bonchev–Trinajstić information content (AvgIpc) is 2.73. The zero-order valence-electron chi connectivity index (χ0n) is 17.5. The number of carbonyl (C=O) groups is 1. The number of hydrogen-bond acceptors (Lipinski definition) is 2. The van der Waals surface area contributed by atoms with Crippen LogP contribution in [0.1, 0.15) is 32.3 Å². The number of halogens is 1. The Labute approximate surface area is 173 Å². The molecule has 0 spiro atoms. The van der Waals surface area contributed by atoms with Crippen LogP contribution in [-0.2, 0) is 11.2 Å². The molecule has 1 aliphatic heterocycles. The molecule has 0 aliphatic carbocycles. The highest BCUT2D eigenvalue weighted by molar-refractivity contribution is 5.83. The van der Waals surface area contributed by atoms with Gasteiger partial charge in [0, 0.05) is 18.2 Å². The van der Waals surface area contributed by atoms with E-state index in [9.17, 15) is 9.18 Å². The maximum atomic E-state index is 14.1. The van der Waals surface area contributed by atoms with Gasteiger partial charge in [0.15, 0.2) is 0 Å². The lowest BCUT2D eigenvalue weighted by atomic mass is 9.72. The number of hydrogen-bond donors (Lipinski definition) is 1. The SMILES string of the molecule is C=CCNC(=O)C1(Cc2ccc(-c3ccccc3F)cc2)CCN(C(C)C)CC1. The van der Waals surface area contributed by atoms with E-state index in [4.69, 9.17) is 0 Å². The van der Waals surface area contributed by atoms with Gasteiger partial charge in [-0.25, -0.2) is 4.39 Å². The third kappa shape index (κ3) is 4.94. The van der Waals surface area contributed by atoms with E-state index in [0.717, 1.165) is 37.1 Å². The lowest BCUT2D eigenvalue weighted by Gasteiger charge is -2.42. The van der Waals surface area contributed by atoms with Gasteiger partial charge in [-0.15, -0.1) is 6.58 Å². The van der Waals surface area contributed by atoms with E-state index in [0.29, 0.717) is 24.6 Å². The van der Waals surface area contributed by atoms with Gasteiger partial charge in [-0.05, 0) is 63.4 Å². The van der Waals surface area contributed by atoms with E-state index in [1.165, 1.54) is 6.07 Å². The van der Waals surface area contributed by atoms with Gasteiger partial charge in [0.2, 0.25) is 5.91 Å². The second-order valence-corrected chi connectivity index (χ2v) is 8.26. The van der Waals surface area contributed by atoms with Gasteiger partial charge in [0.25, 0.3) is 0 Å². The van der Waals surface area contributed by atoms with Crippen LogP contribution in [0.2, 0.25) is 0 Å². The molecule has 0 aromatic heterocycles. The van der Waals surface area contributed by atoms with Gasteiger partial charge in [-0.2, -0.15) is 0 Å². The third-order valence-electron chi connectivity index (χ3n) is 6.06. The summed E-state index contributed by atoms with van der Waals surface area (Å²) in [6.07, 6.45) is 4.09. The van der Waals surface area contributed by atoms with E-state index in [1.54, 1.807) is 18.2 Å². The Morgan fingerprint density at radius 3 is 2.41 bits per heavy atom. The molecule has 1 fully saturated rings. The number of benzene rings is 2. The molecule has 1 heterocycles. The minimum absolute atomic E-state index is 0.110. The summed E-state index contributed by atoms with van der Waals surface area (Å²) < 4.78 is 14.1. The number of likely N-dealkylation sites (tertiary alicyclic amines) is 1.